The van der Waals surface area contributed by atoms with E-state index >= 15 is 0 Å². The van der Waals surface area contributed by atoms with Gasteiger partial charge in [-0.2, -0.15) is 0 Å². The molecule has 0 radical (unpaired) electrons. The Bertz CT molecular complexity index is 1080. The predicted molar refractivity (Wildman–Crippen MR) is 113 cm³/mol. The van der Waals surface area contributed by atoms with E-state index in [0.29, 0.717) is 6.54 Å². The number of fused-ring (bicyclic) bond motifs is 3. The Morgan fingerprint density at radius 1 is 1.29 bits per heavy atom. The first kappa shape index (κ1) is 18.9. The van der Waals surface area contributed by atoms with Gasteiger partial charge in [-0.05, 0) is 56.2 Å². The average molecular weight is 396 g/mol. The van der Waals surface area contributed by atoms with Crippen LogP contribution in [0.25, 0.3) is 10.2 Å². The number of aromatic nitrogens is 2. The van der Waals surface area contributed by atoms with Crippen molar-refractivity contribution in [2.24, 2.45) is 0 Å². The van der Waals surface area contributed by atoms with Crippen LogP contribution in [0, 0.1) is 6.92 Å². The normalized spacial score (nSPS) is 14.6. The second-order valence-electron chi connectivity index (χ2n) is 7.53. The molecule has 0 saturated heterocycles. The summed E-state index contributed by atoms with van der Waals surface area (Å²) < 4.78 is 1.59. The van der Waals surface area contributed by atoms with Gasteiger partial charge in [0.2, 0.25) is 5.91 Å². The Balaban J connectivity index is 1.47. The third-order valence-electron chi connectivity index (χ3n) is 5.55. The summed E-state index contributed by atoms with van der Waals surface area (Å²) in [6.07, 6.45) is 6.18. The number of hydrogen-bond donors (Lipinski definition) is 1. The average Bonchev–Trinajstić information content (AvgIpc) is 3.07. The molecule has 2 heterocycles. The standard InChI is InChI=1S/C22H25N3O2S/c1-14-7-3-4-8-16(14)15(2)24-19(26)11-12-25-13-23-21-20(22(25)27)17-9-5-6-10-18(17)28-21/h3-4,7-8,13,15H,5-6,9-12H2,1-2H3,(H,24,26)/t15-/m1/s1. The van der Waals surface area contributed by atoms with Crippen molar-refractivity contribution < 1.29 is 4.79 Å². The van der Waals surface area contributed by atoms with Gasteiger partial charge in [0.05, 0.1) is 17.8 Å². The van der Waals surface area contributed by atoms with Gasteiger partial charge in [-0.15, -0.1) is 11.3 Å². The third kappa shape index (κ3) is 3.61. The van der Waals surface area contributed by atoms with Gasteiger partial charge < -0.3 is 5.32 Å². The summed E-state index contributed by atoms with van der Waals surface area (Å²) in [7, 11) is 0. The lowest BCUT2D eigenvalue weighted by Crippen LogP contribution is -2.30. The molecule has 3 aromatic rings. The summed E-state index contributed by atoms with van der Waals surface area (Å²) in [6.45, 7) is 4.37. The molecular formula is C22H25N3O2S. The van der Waals surface area contributed by atoms with Gasteiger partial charge in [-0.1, -0.05) is 24.3 Å². The van der Waals surface area contributed by atoms with E-state index in [0.717, 1.165) is 40.6 Å². The van der Waals surface area contributed by atoms with E-state index in [9.17, 15) is 9.59 Å². The number of hydrogen-bond acceptors (Lipinski definition) is 4. The summed E-state index contributed by atoms with van der Waals surface area (Å²) in [4.78, 5) is 32.0. The van der Waals surface area contributed by atoms with Crippen LogP contribution in [-0.2, 0) is 24.2 Å². The van der Waals surface area contributed by atoms with E-state index in [-0.39, 0.29) is 23.9 Å². The van der Waals surface area contributed by atoms with Crippen LogP contribution in [0.4, 0.5) is 0 Å². The predicted octanol–water partition coefficient (Wildman–Crippen LogP) is 3.91. The summed E-state index contributed by atoms with van der Waals surface area (Å²) in [6, 6.07) is 7.98. The van der Waals surface area contributed by atoms with Crippen molar-refractivity contribution in [3.05, 3.63) is 62.5 Å². The highest BCUT2D eigenvalue weighted by Crippen LogP contribution is 2.33. The molecule has 0 saturated carbocycles. The lowest BCUT2D eigenvalue weighted by molar-refractivity contribution is -0.121. The number of rotatable bonds is 5. The molecule has 0 bridgehead atoms. The van der Waals surface area contributed by atoms with Gasteiger partial charge >= 0.3 is 0 Å². The number of carbonyl (C=O) groups is 1. The highest BCUT2D eigenvalue weighted by Gasteiger charge is 2.20. The highest BCUT2D eigenvalue weighted by atomic mass is 32.1. The SMILES string of the molecule is Cc1ccccc1[C@@H](C)NC(=O)CCn1cnc2sc3c(c2c1=O)CCCC3. The fourth-order valence-corrected chi connectivity index (χ4v) is 5.25. The molecule has 28 heavy (non-hydrogen) atoms. The fraction of sp³-hybridized carbons (Fsp3) is 0.409. The maximum absolute atomic E-state index is 13.0. The molecule has 1 aliphatic rings. The molecule has 0 spiro atoms. The summed E-state index contributed by atoms with van der Waals surface area (Å²) >= 11 is 1.65. The topological polar surface area (TPSA) is 64.0 Å². The monoisotopic (exact) mass is 395 g/mol. The molecule has 2 aromatic heterocycles. The molecule has 1 aliphatic carbocycles. The molecule has 1 atom stereocenters. The minimum absolute atomic E-state index is 0.0100. The van der Waals surface area contributed by atoms with Crippen molar-refractivity contribution in [2.75, 3.05) is 0 Å². The molecule has 0 unspecified atom stereocenters. The van der Waals surface area contributed by atoms with Gasteiger partial charge in [0.15, 0.2) is 0 Å². The zero-order valence-electron chi connectivity index (χ0n) is 16.3. The van der Waals surface area contributed by atoms with Crippen molar-refractivity contribution in [3.63, 3.8) is 0 Å². The van der Waals surface area contributed by atoms with E-state index in [1.165, 1.54) is 16.9 Å². The van der Waals surface area contributed by atoms with Crippen molar-refractivity contribution in [3.8, 4) is 0 Å². The van der Waals surface area contributed by atoms with E-state index in [2.05, 4.69) is 10.3 Å². The molecule has 0 fully saturated rings. The van der Waals surface area contributed by atoms with Crippen LogP contribution in [0.5, 0.6) is 0 Å². The number of carbonyl (C=O) groups excluding carboxylic acids is 1. The van der Waals surface area contributed by atoms with Gasteiger partial charge in [-0.25, -0.2) is 4.98 Å². The van der Waals surface area contributed by atoms with Crippen molar-refractivity contribution in [1.29, 1.82) is 0 Å². The van der Waals surface area contributed by atoms with Gasteiger partial charge in [0.1, 0.15) is 4.83 Å². The first-order valence-corrected chi connectivity index (χ1v) is 10.7. The Labute approximate surface area is 168 Å². The molecule has 146 valence electrons. The Kier molecular flexibility index (Phi) is 5.31. The van der Waals surface area contributed by atoms with Crippen molar-refractivity contribution in [1.82, 2.24) is 14.9 Å². The van der Waals surface area contributed by atoms with E-state index in [4.69, 9.17) is 0 Å². The quantitative estimate of drug-likeness (QED) is 0.712. The number of benzene rings is 1. The van der Waals surface area contributed by atoms with E-state index in [1.54, 1.807) is 22.2 Å². The van der Waals surface area contributed by atoms with Crippen molar-refractivity contribution >= 4 is 27.5 Å². The van der Waals surface area contributed by atoms with Crippen LogP contribution in [0.15, 0.2) is 35.4 Å². The molecule has 5 nitrogen and oxygen atoms in total. The van der Waals surface area contributed by atoms with E-state index in [1.807, 2.05) is 38.1 Å². The van der Waals surface area contributed by atoms with Gasteiger partial charge in [0, 0.05) is 17.8 Å². The van der Waals surface area contributed by atoms with Gasteiger partial charge in [-0.3, -0.25) is 14.2 Å². The first-order valence-electron chi connectivity index (χ1n) is 9.89. The number of amides is 1. The fourth-order valence-electron chi connectivity index (χ4n) is 4.03. The molecule has 0 aliphatic heterocycles. The van der Waals surface area contributed by atoms with Gasteiger partial charge in [0.25, 0.3) is 5.56 Å². The Hall–Kier alpha value is -2.47. The van der Waals surface area contributed by atoms with Crippen LogP contribution in [0.1, 0.15) is 53.8 Å². The first-order chi connectivity index (χ1) is 13.5. The van der Waals surface area contributed by atoms with Crippen LogP contribution in [0.2, 0.25) is 0 Å². The molecular weight excluding hydrogens is 370 g/mol. The van der Waals surface area contributed by atoms with Crippen LogP contribution in [0.3, 0.4) is 0 Å². The Morgan fingerprint density at radius 3 is 2.89 bits per heavy atom. The number of nitrogens with one attached hydrogen (secondary N) is 1. The minimum atomic E-state index is -0.0603. The maximum Gasteiger partial charge on any atom is 0.262 e. The van der Waals surface area contributed by atoms with E-state index < -0.39 is 0 Å². The number of nitrogens with zero attached hydrogens (tertiary/aromatic N) is 2. The smallest absolute Gasteiger partial charge is 0.262 e. The summed E-state index contributed by atoms with van der Waals surface area (Å²) in [5, 5.41) is 3.81. The lowest BCUT2D eigenvalue weighted by atomic mass is 9.97. The highest BCUT2D eigenvalue weighted by molar-refractivity contribution is 7.18. The van der Waals surface area contributed by atoms with Crippen molar-refractivity contribution in [2.45, 2.75) is 58.5 Å². The summed E-state index contributed by atoms with van der Waals surface area (Å²) in [5.41, 5.74) is 3.45. The van der Waals surface area contributed by atoms with Crippen LogP contribution < -0.4 is 10.9 Å². The molecule has 6 heteroatoms. The molecule has 1 amide bonds. The molecule has 4 rings (SSSR count). The number of thiophene rings is 1. The third-order valence-corrected chi connectivity index (χ3v) is 6.75. The second-order valence-corrected chi connectivity index (χ2v) is 8.61. The maximum atomic E-state index is 13.0. The van der Waals surface area contributed by atoms with Crippen LogP contribution in [-0.4, -0.2) is 15.5 Å². The zero-order valence-corrected chi connectivity index (χ0v) is 17.1. The minimum Gasteiger partial charge on any atom is -0.350 e. The second kappa shape index (κ2) is 7.87. The zero-order chi connectivity index (χ0) is 19.7. The largest absolute Gasteiger partial charge is 0.350 e. The van der Waals surface area contributed by atoms with Crippen LogP contribution >= 0.6 is 11.3 Å². The lowest BCUT2D eigenvalue weighted by Gasteiger charge is -2.16. The Morgan fingerprint density at radius 2 is 2.07 bits per heavy atom. The molecule has 1 aromatic carbocycles. The molecule has 1 N–H and O–H groups in total. The summed E-state index contributed by atoms with van der Waals surface area (Å²) in [5.74, 6) is -0.0601. The number of aryl methyl sites for hydroxylation is 4.